The minimum absolute atomic E-state index is 0.0109. The van der Waals surface area contributed by atoms with Gasteiger partial charge in [-0.05, 0) is 63.4 Å². The van der Waals surface area contributed by atoms with Gasteiger partial charge < -0.3 is 15.0 Å². The van der Waals surface area contributed by atoms with E-state index in [2.05, 4.69) is 11.4 Å². The molecule has 154 valence electrons. The van der Waals surface area contributed by atoms with Crippen LogP contribution in [0, 0.1) is 19.8 Å². The normalized spacial score (nSPS) is 16.4. The smallest absolute Gasteiger partial charge is 0.253 e. The average molecular weight is 395 g/mol. The van der Waals surface area contributed by atoms with Gasteiger partial charge in [0.15, 0.2) is 0 Å². The van der Waals surface area contributed by atoms with Crippen molar-refractivity contribution in [3.8, 4) is 5.75 Å². The molecule has 0 unspecified atom stereocenters. The van der Waals surface area contributed by atoms with Crippen LogP contribution in [0.2, 0.25) is 0 Å². The van der Waals surface area contributed by atoms with Crippen LogP contribution in [0.4, 0.5) is 0 Å². The fourth-order valence-corrected chi connectivity index (χ4v) is 3.86. The minimum Gasteiger partial charge on any atom is -0.494 e. The van der Waals surface area contributed by atoms with Gasteiger partial charge in [-0.2, -0.15) is 0 Å². The van der Waals surface area contributed by atoms with Crippen molar-refractivity contribution in [1.82, 2.24) is 10.2 Å². The Kier molecular flexibility index (Phi) is 6.91. The van der Waals surface area contributed by atoms with E-state index in [9.17, 15) is 9.59 Å². The molecular formula is C24H30N2O3. The van der Waals surface area contributed by atoms with Crippen molar-refractivity contribution in [2.45, 2.75) is 40.2 Å². The van der Waals surface area contributed by atoms with Crippen LogP contribution < -0.4 is 10.1 Å². The van der Waals surface area contributed by atoms with Crippen LogP contribution >= 0.6 is 0 Å². The van der Waals surface area contributed by atoms with Crippen molar-refractivity contribution in [2.24, 2.45) is 5.92 Å². The number of carbonyl (C=O) groups is 2. The third kappa shape index (κ3) is 5.59. The van der Waals surface area contributed by atoms with Gasteiger partial charge in [0.25, 0.3) is 5.91 Å². The van der Waals surface area contributed by atoms with Gasteiger partial charge in [0.2, 0.25) is 5.91 Å². The SMILES string of the molecule is CCOc1ccc(CNC(=O)[C@H]2CCCN(C(=O)c3cc(C)cc(C)c3)C2)cc1. The number of carbonyl (C=O) groups excluding carboxylic acids is 2. The van der Waals surface area contributed by atoms with Crippen molar-refractivity contribution in [3.05, 3.63) is 64.7 Å². The highest BCUT2D eigenvalue weighted by Gasteiger charge is 2.29. The number of nitrogens with one attached hydrogen (secondary N) is 1. The number of hydrogen-bond acceptors (Lipinski definition) is 3. The maximum absolute atomic E-state index is 12.9. The summed E-state index contributed by atoms with van der Waals surface area (Å²) in [6.07, 6.45) is 1.66. The number of aryl methyl sites for hydroxylation is 2. The fraction of sp³-hybridized carbons (Fsp3) is 0.417. The molecule has 5 heteroatoms. The van der Waals surface area contributed by atoms with Crippen molar-refractivity contribution in [1.29, 1.82) is 0 Å². The van der Waals surface area contributed by atoms with Crippen LogP contribution in [-0.4, -0.2) is 36.4 Å². The molecule has 2 aromatic carbocycles. The molecule has 1 fully saturated rings. The molecule has 0 spiro atoms. The lowest BCUT2D eigenvalue weighted by Gasteiger charge is -2.32. The second-order valence-electron chi connectivity index (χ2n) is 7.76. The van der Waals surface area contributed by atoms with Gasteiger partial charge in [-0.1, -0.05) is 29.3 Å². The van der Waals surface area contributed by atoms with E-state index in [0.29, 0.717) is 31.8 Å². The van der Waals surface area contributed by atoms with Gasteiger partial charge in [0.1, 0.15) is 5.75 Å². The number of benzene rings is 2. The molecule has 0 saturated carbocycles. The van der Waals surface area contributed by atoms with Crippen LogP contribution in [0.1, 0.15) is 46.8 Å². The Morgan fingerprint density at radius 1 is 1.10 bits per heavy atom. The molecule has 1 N–H and O–H groups in total. The third-order valence-electron chi connectivity index (χ3n) is 5.25. The molecule has 0 bridgehead atoms. The Morgan fingerprint density at radius 3 is 2.45 bits per heavy atom. The second kappa shape index (κ2) is 9.59. The molecule has 3 rings (SSSR count). The number of hydrogen-bond donors (Lipinski definition) is 1. The Balaban J connectivity index is 1.56. The van der Waals surface area contributed by atoms with E-state index >= 15 is 0 Å². The van der Waals surface area contributed by atoms with Crippen LogP contribution in [-0.2, 0) is 11.3 Å². The van der Waals surface area contributed by atoms with Gasteiger partial charge in [-0.25, -0.2) is 0 Å². The number of nitrogens with zero attached hydrogens (tertiary/aromatic N) is 1. The molecule has 2 amide bonds. The first-order valence-electron chi connectivity index (χ1n) is 10.3. The van der Waals surface area contributed by atoms with E-state index in [-0.39, 0.29) is 17.7 Å². The molecule has 2 aromatic rings. The monoisotopic (exact) mass is 394 g/mol. The largest absolute Gasteiger partial charge is 0.494 e. The molecular weight excluding hydrogens is 364 g/mol. The molecule has 0 radical (unpaired) electrons. The van der Waals surface area contributed by atoms with E-state index in [4.69, 9.17) is 4.74 Å². The first-order valence-corrected chi connectivity index (χ1v) is 10.3. The first kappa shape index (κ1) is 20.9. The zero-order valence-corrected chi connectivity index (χ0v) is 17.5. The maximum Gasteiger partial charge on any atom is 0.253 e. The van der Waals surface area contributed by atoms with Gasteiger partial charge in [0.05, 0.1) is 12.5 Å². The quantitative estimate of drug-likeness (QED) is 0.809. The van der Waals surface area contributed by atoms with Crippen molar-refractivity contribution in [3.63, 3.8) is 0 Å². The number of piperidine rings is 1. The highest BCUT2D eigenvalue weighted by atomic mass is 16.5. The second-order valence-corrected chi connectivity index (χ2v) is 7.76. The molecule has 1 aliphatic heterocycles. The highest BCUT2D eigenvalue weighted by Crippen LogP contribution is 2.20. The lowest BCUT2D eigenvalue weighted by molar-refractivity contribution is -0.126. The average Bonchev–Trinajstić information content (AvgIpc) is 2.72. The summed E-state index contributed by atoms with van der Waals surface area (Å²) >= 11 is 0. The predicted molar refractivity (Wildman–Crippen MR) is 114 cm³/mol. The molecule has 5 nitrogen and oxygen atoms in total. The molecule has 0 aromatic heterocycles. The van der Waals surface area contributed by atoms with E-state index in [1.54, 1.807) is 0 Å². The van der Waals surface area contributed by atoms with Crippen LogP contribution in [0.25, 0.3) is 0 Å². The van der Waals surface area contributed by atoms with E-state index in [0.717, 1.165) is 35.3 Å². The number of rotatable bonds is 6. The summed E-state index contributed by atoms with van der Waals surface area (Å²) in [6, 6.07) is 13.6. The van der Waals surface area contributed by atoms with Crippen molar-refractivity contribution < 1.29 is 14.3 Å². The zero-order chi connectivity index (χ0) is 20.8. The Bertz CT molecular complexity index is 841. The highest BCUT2D eigenvalue weighted by molar-refractivity contribution is 5.95. The summed E-state index contributed by atoms with van der Waals surface area (Å²) in [7, 11) is 0. The van der Waals surface area contributed by atoms with E-state index in [1.165, 1.54) is 0 Å². The summed E-state index contributed by atoms with van der Waals surface area (Å²) in [4.78, 5) is 27.4. The summed E-state index contributed by atoms with van der Waals surface area (Å²) in [5, 5.41) is 3.02. The number of ether oxygens (including phenoxy) is 1. The molecule has 1 aliphatic rings. The van der Waals surface area contributed by atoms with Gasteiger partial charge in [0, 0.05) is 25.2 Å². The third-order valence-corrected chi connectivity index (χ3v) is 5.25. The minimum atomic E-state index is -0.165. The maximum atomic E-state index is 12.9. The first-order chi connectivity index (χ1) is 14.0. The van der Waals surface area contributed by atoms with E-state index in [1.807, 2.05) is 62.1 Å². The van der Waals surface area contributed by atoms with Crippen LogP contribution in [0.5, 0.6) is 5.75 Å². The summed E-state index contributed by atoms with van der Waals surface area (Å²) < 4.78 is 5.44. The Morgan fingerprint density at radius 2 is 1.79 bits per heavy atom. The van der Waals surface area contributed by atoms with Crippen molar-refractivity contribution in [2.75, 3.05) is 19.7 Å². The predicted octanol–water partition coefficient (Wildman–Crippen LogP) is 3.87. The summed E-state index contributed by atoms with van der Waals surface area (Å²) in [5.74, 6) is 0.689. The van der Waals surface area contributed by atoms with Gasteiger partial charge in [-0.15, -0.1) is 0 Å². The standard InChI is InChI=1S/C24H30N2O3/c1-4-29-22-9-7-19(8-10-22)15-25-23(27)20-6-5-11-26(16-20)24(28)21-13-17(2)12-18(3)14-21/h7-10,12-14,20H,4-6,11,15-16H2,1-3H3,(H,25,27)/t20-/m0/s1. The van der Waals surface area contributed by atoms with E-state index < -0.39 is 0 Å². The Labute approximate surface area is 173 Å². The molecule has 1 saturated heterocycles. The summed E-state index contributed by atoms with van der Waals surface area (Å²) in [5.41, 5.74) is 3.89. The van der Waals surface area contributed by atoms with Gasteiger partial charge in [-0.3, -0.25) is 9.59 Å². The Hall–Kier alpha value is -2.82. The lowest BCUT2D eigenvalue weighted by atomic mass is 9.96. The molecule has 0 aliphatic carbocycles. The zero-order valence-electron chi connectivity index (χ0n) is 17.5. The molecule has 1 atom stereocenters. The topological polar surface area (TPSA) is 58.6 Å². The van der Waals surface area contributed by atoms with Crippen molar-refractivity contribution >= 4 is 11.8 Å². The molecule has 1 heterocycles. The molecule has 29 heavy (non-hydrogen) atoms. The van der Waals surface area contributed by atoms with Gasteiger partial charge >= 0.3 is 0 Å². The number of amides is 2. The summed E-state index contributed by atoms with van der Waals surface area (Å²) in [6.45, 7) is 8.23. The number of likely N-dealkylation sites (tertiary alicyclic amines) is 1. The lowest BCUT2D eigenvalue weighted by Crippen LogP contribution is -2.45. The van der Waals surface area contributed by atoms with Crippen LogP contribution in [0.3, 0.4) is 0 Å². The van der Waals surface area contributed by atoms with Crippen LogP contribution in [0.15, 0.2) is 42.5 Å². The fourth-order valence-electron chi connectivity index (χ4n) is 3.86.